The molecule has 16 heavy (non-hydrogen) atoms. The molecule has 1 atom stereocenters. The van der Waals surface area contributed by atoms with E-state index in [1.807, 2.05) is 0 Å². The van der Waals surface area contributed by atoms with E-state index in [2.05, 4.69) is 0 Å². The van der Waals surface area contributed by atoms with Gasteiger partial charge >= 0.3 is 5.97 Å². The smallest absolute Gasteiger partial charge is 0.319 e. The summed E-state index contributed by atoms with van der Waals surface area (Å²) in [6, 6.07) is 0. The Morgan fingerprint density at radius 3 is 2.69 bits per heavy atom. The molecule has 1 aliphatic heterocycles. The van der Waals surface area contributed by atoms with Crippen molar-refractivity contribution >= 4 is 17.7 Å². The molecule has 0 saturated carbocycles. The molecular formula is C11H20O4S. The minimum Gasteiger partial charge on any atom is -0.480 e. The second-order valence-corrected chi connectivity index (χ2v) is 6.01. The first-order chi connectivity index (χ1) is 7.58. The number of hydrogen-bond acceptors (Lipinski definition) is 4. The molecule has 0 aromatic rings. The molecule has 1 saturated heterocycles. The Kier molecular flexibility index (Phi) is 5.58. The zero-order valence-electron chi connectivity index (χ0n) is 9.90. The number of rotatable bonds is 6. The first-order valence-corrected chi connectivity index (χ1v) is 6.44. The number of hydrogen-bond donors (Lipinski definition) is 1. The van der Waals surface area contributed by atoms with Crippen LogP contribution in [0.25, 0.3) is 0 Å². The van der Waals surface area contributed by atoms with E-state index < -0.39 is 10.7 Å². The molecule has 94 valence electrons. The second kappa shape index (κ2) is 6.47. The maximum absolute atomic E-state index is 11.3. The van der Waals surface area contributed by atoms with Crippen LogP contribution >= 0.6 is 11.8 Å². The maximum Gasteiger partial charge on any atom is 0.319 e. The summed E-state index contributed by atoms with van der Waals surface area (Å²) in [7, 11) is 1.60. The highest BCUT2D eigenvalue weighted by molar-refractivity contribution is 8.02. The lowest BCUT2D eigenvalue weighted by atomic mass is 10.1. The van der Waals surface area contributed by atoms with E-state index in [1.54, 1.807) is 25.8 Å². The van der Waals surface area contributed by atoms with Crippen molar-refractivity contribution in [3.8, 4) is 0 Å². The van der Waals surface area contributed by atoms with Crippen molar-refractivity contribution in [2.24, 2.45) is 0 Å². The number of thioether (sulfide) groups is 1. The van der Waals surface area contributed by atoms with Crippen LogP contribution in [0.1, 0.15) is 26.2 Å². The molecule has 0 aromatic carbocycles. The summed E-state index contributed by atoms with van der Waals surface area (Å²) in [4.78, 5) is 11.3. The molecular weight excluding hydrogens is 228 g/mol. The zero-order valence-corrected chi connectivity index (χ0v) is 10.7. The van der Waals surface area contributed by atoms with Gasteiger partial charge in [0.1, 0.15) is 4.75 Å². The van der Waals surface area contributed by atoms with Crippen LogP contribution < -0.4 is 0 Å². The topological polar surface area (TPSA) is 55.8 Å². The summed E-state index contributed by atoms with van der Waals surface area (Å²) in [6.45, 7) is 3.77. The molecule has 0 amide bonds. The van der Waals surface area contributed by atoms with Crippen molar-refractivity contribution < 1.29 is 19.4 Å². The standard InChI is InChI=1S/C11H20O4S/c1-11(10(12)13,5-8-14-2)16-9-3-6-15-7-4-9/h9H,3-8H2,1-2H3,(H,12,13). The second-order valence-electron chi connectivity index (χ2n) is 4.21. The molecule has 0 bridgehead atoms. The third-order valence-electron chi connectivity index (χ3n) is 2.83. The van der Waals surface area contributed by atoms with E-state index in [1.165, 1.54) is 0 Å². The van der Waals surface area contributed by atoms with Crippen LogP contribution in [0.5, 0.6) is 0 Å². The molecule has 1 rings (SSSR count). The largest absolute Gasteiger partial charge is 0.480 e. The average Bonchev–Trinajstić information content (AvgIpc) is 2.27. The molecule has 0 radical (unpaired) electrons. The van der Waals surface area contributed by atoms with Gasteiger partial charge in [-0.25, -0.2) is 0 Å². The van der Waals surface area contributed by atoms with E-state index in [-0.39, 0.29) is 0 Å². The van der Waals surface area contributed by atoms with E-state index in [4.69, 9.17) is 9.47 Å². The average molecular weight is 248 g/mol. The van der Waals surface area contributed by atoms with Crippen molar-refractivity contribution in [1.29, 1.82) is 0 Å². The number of carbonyl (C=O) groups is 1. The fourth-order valence-electron chi connectivity index (χ4n) is 1.67. The molecule has 1 aliphatic rings. The van der Waals surface area contributed by atoms with E-state index >= 15 is 0 Å². The van der Waals surface area contributed by atoms with Crippen LogP contribution in [0.4, 0.5) is 0 Å². The Balaban J connectivity index is 2.51. The van der Waals surface area contributed by atoms with Crippen LogP contribution in [0, 0.1) is 0 Å². The highest BCUT2D eigenvalue weighted by atomic mass is 32.2. The summed E-state index contributed by atoms with van der Waals surface area (Å²) >= 11 is 1.56. The Morgan fingerprint density at radius 1 is 1.56 bits per heavy atom. The Labute approximate surface area is 101 Å². The molecule has 0 spiro atoms. The minimum atomic E-state index is -0.749. The van der Waals surface area contributed by atoms with Gasteiger partial charge < -0.3 is 14.6 Å². The zero-order chi connectivity index (χ0) is 12.0. The van der Waals surface area contributed by atoms with Gasteiger partial charge in [-0.1, -0.05) is 0 Å². The summed E-state index contributed by atoms with van der Waals surface area (Å²) in [6.07, 6.45) is 2.43. The van der Waals surface area contributed by atoms with Gasteiger partial charge in [-0.3, -0.25) is 4.79 Å². The number of methoxy groups -OCH3 is 1. The van der Waals surface area contributed by atoms with Gasteiger partial charge in [-0.2, -0.15) is 0 Å². The van der Waals surface area contributed by atoms with Crippen LogP contribution in [0.15, 0.2) is 0 Å². The van der Waals surface area contributed by atoms with Gasteiger partial charge in [0.15, 0.2) is 0 Å². The summed E-state index contributed by atoms with van der Waals surface area (Å²) in [5.74, 6) is -0.749. The third kappa shape index (κ3) is 3.96. The Bertz CT molecular complexity index is 228. The number of carboxylic acid groups (broad SMARTS) is 1. The number of carboxylic acids is 1. The molecule has 5 heteroatoms. The van der Waals surface area contributed by atoms with E-state index in [0.717, 1.165) is 26.1 Å². The number of ether oxygens (including phenoxy) is 2. The van der Waals surface area contributed by atoms with Gasteiger partial charge in [0, 0.05) is 32.2 Å². The van der Waals surface area contributed by atoms with Gasteiger partial charge in [0.25, 0.3) is 0 Å². The van der Waals surface area contributed by atoms with Gasteiger partial charge in [-0.15, -0.1) is 11.8 Å². The van der Waals surface area contributed by atoms with Crippen molar-refractivity contribution in [2.45, 2.75) is 36.2 Å². The van der Waals surface area contributed by atoms with Crippen LogP contribution in [-0.4, -0.2) is 48.0 Å². The fraction of sp³-hybridized carbons (Fsp3) is 0.909. The lowest BCUT2D eigenvalue weighted by Crippen LogP contribution is -2.36. The summed E-state index contributed by atoms with van der Waals surface area (Å²) < 4.78 is 9.51. The molecule has 1 heterocycles. The Hall–Kier alpha value is -0.260. The highest BCUT2D eigenvalue weighted by Gasteiger charge is 2.36. The van der Waals surface area contributed by atoms with Crippen LogP contribution in [0.2, 0.25) is 0 Å². The van der Waals surface area contributed by atoms with E-state index in [9.17, 15) is 9.90 Å². The van der Waals surface area contributed by atoms with Gasteiger partial charge in [0.05, 0.1) is 0 Å². The lowest BCUT2D eigenvalue weighted by Gasteiger charge is -2.31. The lowest BCUT2D eigenvalue weighted by molar-refractivity contribution is -0.139. The molecule has 4 nitrogen and oxygen atoms in total. The third-order valence-corrected chi connectivity index (χ3v) is 4.53. The molecule has 1 fully saturated rings. The fourth-order valence-corrected chi connectivity index (χ4v) is 3.14. The quantitative estimate of drug-likeness (QED) is 0.776. The predicted molar refractivity (Wildman–Crippen MR) is 64.0 cm³/mol. The van der Waals surface area contributed by atoms with Crippen LogP contribution in [-0.2, 0) is 14.3 Å². The van der Waals surface area contributed by atoms with Crippen molar-refractivity contribution in [3.05, 3.63) is 0 Å². The highest BCUT2D eigenvalue weighted by Crippen LogP contribution is 2.36. The van der Waals surface area contributed by atoms with Crippen LogP contribution in [0.3, 0.4) is 0 Å². The summed E-state index contributed by atoms with van der Waals surface area (Å²) in [5, 5.41) is 9.68. The number of aliphatic carboxylic acids is 1. The normalized spacial score (nSPS) is 21.6. The monoisotopic (exact) mass is 248 g/mol. The minimum absolute atomic E-state index is 0.395. The molecule has 1 N–H and O–H groups in total. The molecule has 1 unspecified atom stereocenters. The van der Waals surface area contributed by atoms with Crippen molar-refractivity contribution in [3.63, 3.8) is 0 Å². The van der Waals surface area contributed by atoms with Crippen molar-refractivity contribution in [2.75, 3.05) is 26.9 Å². The van der Waals surface area contributed by atoms with Gasteiger partial charge in [-0.05, 0) is 26.2 Å². The molecule has 0 aliphatic carbocycles. The summed E-state index contributed by atoms with van der Waals surface area (Å²) in [5.41, 5.74) is 0. The maximum atomic E-state index is 11.3. The SMILES string of the molecule is COCCC(C)(SC1CCOCC1)C(=O)O. The van der Waals surface area contributed by atoms with E-state index in [0.29, 0.717) is 18.3 Å². The predicted octanol–water partition coefficient (Wildman–Crippen LogP) is 1.78. The molecule has 0 aromatic heterocycles. The first-order valence-electron chi connectivity index (χ1n) is 5.56. The Morgan fingerprint density at radius 2 is 2.19 bits per heavy atom. The first kappa shape index (κ1) is 13.8. The van der Waals surface area contributed by atoms with Crippen molar-refractivity contribution in [1.82, 2.24) is 0 Å². The van der Waals surface area contributed by atoms with Gasteiger partial charge in [0.2, 0.25) is 0 Å².